The maximum absolute atomic E-state index is 0. The van der Waals surface area contributed by atoms with E-state index in [9.17, 15) is 0 Å². The molecule has 0 amide bonds. The van der Waals surface area contributed by atoms with Crippen molar-refractivity contribution in [2.45, 2.75) is 0 Å². The summed E-state index contributed by atoms with van der Waals surface area (Å²) in [5.74, 6) is 0. The Morgan fingerprint density at radius 2 is 0.800 bits per heavy atom. The van der Waals surface area contributed by atoms with Gasteiger partial charge in [-0.25, -0.2) is 0 Å². The quantitative estimate of drug-likeness (QED) is 0.488. The van der Waals surface area contributed by atoms with Crippen LogP contribution in [0.15, 0.2) is 0 Å². The van der Waals surface area contributed by atoms with Crippen molar-refractivity contribution in [3.8, 4) is 0 Å². The van der Waals surface area contributed by atoms with E-state index in [1.807, 2.05) is 0 Å². The molecule has 42 valence electrons. The number of rotatable bonds is 0. The minimum absolute atomic E-state index is 0. The van der Waals surface area contributed by atoms with E-state index in [2.05, 4.69) is 0 Å². The summed E-state index contributed by atoms with van der Waals surface area (Å²) in [4.78, 5) is 0. The standard InChI is InChI=1S/2Co.Fe.Ni.W. The first kappa shape index (κ1) is 47.2. The Balaban J connectivity index is 0. The van der Waals surface area contributed by atoms with Gasteiger partial charge in [-0.3, -0.25) is 0 Å². The maximum Gasteiger partial charge on any atom is 0 e. The summed E-state index contributed by atoms with van der Waals surface area (Å²) < 4.78 is 0. The molecule has 0 aliphatic carbocycles. The van der Waals surface area contributed by atoms with Crippen molar-refractivity contribution >= 4 is 0 Å². The Bertz CT molecular complexity index is 9.61. The Hall–Kier alpha value is 2.71. The SMILES string of the molecule is [Co].[Co].[Fe].[Ni].[W]. The van der Waals surface area contributed by atoms with Crippen LogP contribution in [0.3, 0.4) is 0 Å². The molecule has 5 heteroatoms. The second kappa shape index (κ2) is 29.8. The minimum atomic E-state index is 0. The zero-order chi connectivity index (χ0) is 0. The van der Waals surface area contributed by atoms with Gasteiger partial charge in [0.25, 0.3) is 0 Å². The van der Waals surface area contributed by atoms with E-state index < -0.39 is 0 Å². The van der Waals surface area contributed by atoms with Crippen molar-refractivity contribution in [1.29, 1.82) is 0 Å². The van der Waals surface area contributed by atoms with E-state index in [0.717, 1.165) is 0 Å². The summed E-state index contributed by atoms with van der Waals surface area (Å²) in [5.41, 5.74) is 0. The zero-order valence-electron chi connectivity index (χ0n) is 1.74. The summed E-state index contributed by atoms with van der Waals surface area (Å²) in [6, 6.07) is 0. The van der Waals surface area contributed by atoms with Gasteiger partial charge in [0.1, 0.15) is 0 Å². The summed E-state index contributed by atoms with van der Waals surface area (Å²) in [7, 11) is 0. The van der Waals surface area contributed by atoms with E-state index in [0.29, 0.717) is 0 Å². The average Bonchev–Trinajstić information content (AvgIpc) is 0. The third-order valence-electron chi connectivity index (χ3n) is 0. The first-order valence-corrected chi connectivity index (χ1v) is 0. The van der Waals surface area contributed by atoms with E-state index in [1.54, 1.807) is 0 Å². The van der Waals surface area contributed by atoms with Gasteiger partial charge in [-0.15, -0.1) is 0 Å². The van der Waals surface area contributed by atoms with Crippen molar-refractivity contribution < 1.29 is 88.2 Å². The summed E-state index contributed by atoms with van der Waals surface area (Å²) in [6.07, 6.45) is 0. The van der Waals surface area contributed by atoms with Gasteiger partial charge in [0, 0.05) is 88.2 Å². The van der Waals surface area contributed by atoms with Crippen molar-refractivity contribution in [2.24, 2.45) is 0 Å². The molecule has 0 N–H and O–H groups in total. The van der Waals surface area contributed by atoms with E-state index in [4.69, 9.17) is 0 Å². The molecule has 0 aliphatic heterocycles. The van der Waals surface area contributed by atoms with Gasteiger partial charge in [-0.05, 0) is 0 Å². The van der Waals surface area contributed by atoms with Gasteiger partial charge in [-0.2, -0.15) is 0 Å². The summed E-state index contributed by atoms with van der Waals surface area (Å²) in [5, 5.41) is 0. The zero-order valence-corrected chi connectivity index (χ0v) is 8.85. The van der Waals surface area contributed by atoms with Crippen LogP contribution in [-0.4, -0.2) is 0 Å². The first-order valence-electron chi connectivity index (χ1n) is 0. The van der Waals surface area contributed by atoms with E-state index in [-0.39, 0.29) is 88.2 Å². The van der Waals surface area contributed by atoms with Gasteiger partial charge in [-0.1, -0.05) is 0 Å². The van der Waals surface area contributed by atoms with Gasteiger partial charge < -0.3 is 0 Å². The minimum Gasteiger partial charge on any atom is 0 e. The van der Waals surface area contributed by atoms with Crippen LogP contribution < -0.4 is 0 Å². The van der Waals surface area contributed by atoms with Crippen molar-refractivity contribution in [3.05, 3.63) is 0 Å². The Labute approximate surface area is 87.0 Å². The van der Waals surface area contributed by atoms with Crippen LogP contribution in [0.25, 0.3) is 0 Å². The topological polar surface area (TPSA) is 0 Å². The second-order valence-corrected chi connectivity index (χ2v) is 0. The molecule has 0 aromatic heterocycles. The fraction of sp³-hybridized carbons (Fsp3) is 0. The van der Waals surface area contributed by atoms with E-state index >= 15 is 0 Å². The molecule has 0 saturated heterocycles. The smallest absolute Gasteiger partial charge is 0 e. The molecule has 0 nitrogen and oxygen atoms in total. The van der Waals surface area contributed by atoms with Crippen LogP contribution in [0.5, 0.6) is 0 Å². The molecule has 0 aliphatic rings. The predicted molar refractivity (Wildman–Crippen MR) is 0 cm³/mol. The number of hydrogen-bond donors (Lipinski definition) is 0. The largest absolute Gasteiger partial charge is 0 e. The van der Waals surface area contributed by atoms with E-state index in [1.165, 1.54) is 0 Å². The fourth-order valence-electron chi connectivity index (χ4n) is 0. The van der Waals surface area contributed by atoms with Crippen molar-refractivity contribution in [3.63, 3.8) is 0 Å². The predicted octanol–water partition coefficient (Wildman–Crippen LogP) is -0.0125. The molecule has 0 spiro atoms. The molecule has 0 bridgehead atoms. The third kappa shape index (κ3) is 20.3. The molecule has 0 atom stereocenters. The monoisotopic (exact) mass is 416 g/mol. The van der Waals surface area contributed by atoms with Crippen molar-refractivity contribution in [2.75, 3.05) is 0 Å². The molecular formula is Co2FeNiW. The number of hydrogen-bond acceptors (Lipinski definition) is 0. The third-order valence-corrected chi connectivity index (χ3v) is 0. The molecule has 5 heavy (non-hydrogen) atoms. The fourth-order valence-corrected chi connectivity index (χ4v) is 0. The van der Waals surface area contributed by atoms with Gasteiger partial charge in [0.2, 0.25) is 0 Å². The van der Waals surface area contributed by atoms with Gasteiger partial charge in [0.05, 0.1) is 0 Å². The van der Waals surface area contributed by atoms with Crippen molar-refractivity contribution in [1.82, 2.24) is 0 Å². The van der Waals surface area contributed by atoms with Gasteiger partial charge in [0.15, 0.2) is 0 Å². The van der Waals surface area contributed by atoms with Crippen LogP contribution >= 0.6 is 0 Å². The first-order chi connectivity index (χ1) is 0. The maximum atomic E-state index is 0. The average molecular weight is 416 g/mol. The van der Waals surface area contributed by atoms with Crippen LogP contribution in [0.4, 0.5) is 0 Å². The summed E-state index contributed by atoms with van der Waals surface area (Å²) >= 11 is 0. The van der Waals surface area contributed by atoms with Crippen LogP contribution in [0.2, 0.25) is 0 Å². The summed E-state index contributed by atoms with van der Waals surface area (Å²) in [6.45, 7) is 0. The molecule has 0 aromatic carbocycles. The molecule has 0 saturated carbocycles. The molecule has 0 aromatic rings. The van der Waals surface area contributed by atoms with Gasteiger partial charge >= 0.3 is 0 Å². The molecule has 0 rings (SSSR count). The molecule has 0 unspecified atom stereocenters. The Morgan fingerprint density at radius 3 is 0.800 bits per heavy atom. The molecular weight excluding hydrogens is 416 g/mol. The van der Waals surface area contributed by atoms with Crippen LogP contribution in [0.1, 0.15) is 0 Å². The Morgan fingerprint density at radius 1 is 0.800 bits per heavy atom. The Kier molecular flexibility index (Phi) is 281. The van der Waals surface area contributed by atoms with Crippen LogP contribution in [-0.2, 0) is 88.2 Å². The second-order valence-electron chi connectivity index (χ2n) is 0. The molecule has 0 heterocycles. The molecule has 2 radical (unpaired) electrons. The van der Waals surface area contributed by atoms with Crippen LogP contribution in [0, 0.1) is 0 Å². The normalized spacial score (nSPS) is 0. The molecule has 0 fully saturated rings.